The van der Waals surface area contributed by atoms with Gasteiger partial charge in [-0.3, -0.25) is 4.79 Å². The van der Waals surface area contributed by atoms with Crippen molar-refractivity contribution in [1.29, 1.82) is 0 Å². The lowest BCUT2D eigenvalue weighted by molar-refractivity contribution is 0.0940. The zero-order valence-electron chi connectivity index (χ0n) is 10.0. The van der Waals surface area contributed by atoms with Gasteiger partial charge in [-0.15, -0.1) is 0 Å². The van der Waals surface area contributed by atoms with Gasteiger partial charge >= 0.3 is 0 Å². The number of carbonyl (C=O) groups is 1. The number of halogens is 1. The van der Waals surface area contributed by atoms with Crippen molar-refractivity contribution in [2.75, 3.05) is 0 Å². The van der Waals surface area contributed by atoms with Crippen molar-refractivity contribution in [3.05, 3.63) is 34.3 Å². The third-order valence-electron chi connectivity index (χ3n) is 2.29. The molecule has 16 heavy (non-hydrogen) atoms. The van der Waals surface area contributed by atoms with Gasteiger partial charge in [0, 0.05) is 23.6 Å². The van der Waals surface area contributed by atoms with Crippen molar-refractivity contribution in [3.63, 3.8) is 0 Å². The highest BCUT2D eigenvalue weighted by Crippen LogP contribution is 2.24. The summed E-state index contributed by atoms with van der Waals surface area (Å²) in [4.78, 5) is 11.9. The minimum absolute atomic E-state index is 0.00387. The molecule has 0 saturated heterocycles. The molecule has 1 aromatic carbocycles. The fourth-order valence-corrected chi connectivity index (χ4v) is 1.73. The van der Waals surface area contributed by atoms with E-state index in [1.165, 1.54) is 0 Å². The molecule has 0 amide bonds. The Balaban J connectivity index is 2.89. The van der Waals surface area contributed by atoms with Gasteiger partial charge in [0.15, 0.2) is 5.78 Å². The van der Waals surface area contributed by atoms with E-state index in [1.807, 2.05) is 26.8 Å². The van der Waals surface area contributed by atoms with Gasteiger partial charge in [0.25, 0.3) is 0 Å². The van der Waals surface area contributed by atoms with E-state index in [0.29, 0.717) is 23.6 Å². The summed E-state index contributed by atoms with van der Waals surface area (Å²) >= 11 is 6.01. The second kappa shape index (κ2) is 4.98. The Morgan fingerprint density at radius 1 is 1.38 bits per heavy atom. The molecule has 3 heteroatoms. The second-order valence-electron chi connectivity index (χ2n) is 5.17. The summed E-state index contributed by atoms with van der Waals surface area (Å²) in [5.41, 5.74) is 7.04. The first kappa shape index (κ1) is 13.2. The van der Waals surface area contributed by atoms with Gasteiger partial charge in [0.05, 0.1) is 0 Å². The van der Waals surface area contributed by atoms with Crippen molar-refractivity contribution in [2.24, 2.45) is 11.1 Å². The fourth-order valence-electron chi connectivity index (χ4n) is 1.47. The summed E-state index contributed by atoms with van der Waals surface area (Å²) in [6.45, 7) is 6.52. The van der Waals surface area contributed by atoms with E-state index in [0.717, 1.165) is 5.56 Å². The van der Waals surface area contributed by atoms with E-state index >= 15 is 0 Å². The highest BCUT2D eigenvalue weighted by atomic mass is 35.5. The first-order valence-electron chi connectivity index (χ1n) is 5.35. The third kappa shape index (κ3) is 3.62. The van der Waals surface area contributed by atoms with Gasteiger partial charge in [-0.2, -0.15) is 0 Å². The summed E-state index contributed by atoms with van der Waals surface area (Å²) in [6, 6.07) is 5.32. The van der Waals surface area contributed by atoms with Crippen LogP contribution in [0.3, 0.4) is 0 Å². The average Bonchev–Trinajstić information content (AvgIpc) is 2.15. The van der Waals surface area contributed by atoms with Gasteiger partial charge in [-0.1, -0.05) is 44.5 Å². The number of hydrogen-bond donors (Lipinski definition) is 1. The number of ketones is 1. The number of benzene rings is 1. The molecule has 0 aliphatic carbocycles. The number of carbonyl (C=O) groups excluding carboxylic acids is 1. The Morgan fingerprint density at radius 2 is 2.00 bits per heavy atom. The Bertz CT molecular complexity index is 393. The fraction of sp³-hybridized carbons (Fsp3) is 0.462. The van der Waals surface area contributed by atoms with Crippen LogP contribution in [0.4, 0.5) is 0 Å². The van der Waals surface area contributed by atoms with E-state index in [9.17, 15) is 4.79 Å². The molecule has 0 unspecified atom stereocenters. The first-order valence-corrected chi connectivity index (χ1v) is 5.73. The number of nitrogens with two attached hydrogens (primary N) is 1. The summed E-state index contributed by atoms with van der Waals surface area (Å²) in [7, 11) is 0. The van der Waals surface area contributed by atoms with Crippen molar-refractivity contribution < 1.29 is 4.79 Å². The van der Waals surface area contributed by atoms with Crippen LogP contribution in [0.1, 0.15) is 43.1 Å². The van der Waals surface area contributed by atoms with E-state index in [-0.39, 0.29) is 11.2 Å². The number of hydrogen-bond acceptors (Lipinski definition) is 2. The predicted octanol–water partition coefficient (Wildman–Crippen LogP) is 3.42. The molecule has 0 bridgehead atoms. The Morgan fingerprint density at radius 3 is 2.44 bits per heavy atom. The average molecular weight is 240 g/mol. The Labute approximate surface area is 102 Å². The van der Waals surface area contributed by atoms with Crippen molar-refractivity contribution >= 4 is 17.4 Å². The molecule has 1 rings (SSSR count). The molecule has 1 aromatic rings. The van der Waals surface area contributed by atoms with Gasteiger partial charge in [-0.05, 0) is 17.0 Å². The summed E-state index contributed by atoms with van der Waals surface area (Å²) < 4.78 is 0. The van der Waals surface area contributed by atoms with Gasteiger partial charge in [0.2, 0.25) is 0 Å². The van der Waals surface area contributed by atoms with Gasteiger partial charge in [-0.25, -0.2) is 0 Å². The third-order valence-corrected chi connectivity index (χ3v) is 2.64. The Kier molecular flexibility index (Phi) is 4.11. The van der Waals surface area contributed by atoms with Crippen molar-refractivity contribution in [1.82, 2.24) is 0 Å². The van der Waals surface area contributed by atoms with E-state index in [2.05, 4.69) is 0 Å². The van der Waals surface area contributed by atoms with E-state index in [1.54, 1.807) is 12.1 Å². The molecular weight excluding hydrogens is 222 g/mol. The first-order chi connectivity index (χ1) is 7.33. The molecule has 0 atom stereocenters. The van der Waals surface area contributed by atoms with Crippen molar-refractivity contribution in [3.8, 4) is 0 Å². The molecule has 88 valence electrons. The molecule has 0 spiro atoms. The molecule has 0 saturated carbocycles. The largest absolute Gasteiger partial charge is 0.326 e. The topological polar surface area (TPSA) is 43.1 Å². The lowest BCUT2D eigenvalue weighted by atomic mass is 9.88. The second-order valence-corrected chi connectivity index (χ2v) is 5.58. The minimum Gasteiger partial charge on any atom is -0.326 e. The maximum Gasteiger partial charge on any atom is 0.163 e. The standard InChI is InChI=1S/C13H18ClNO/c1-13(2,3)7-12(16)9-4-5-10(8-15)11(14)6-9/h4-6H,7-8,15H2,1-3H3. The predicted molar refractivity (Wildman–Crippen MR) is 67.7 cm³/mol. The van der Waals surface area contributed by atoms with Crippen LogP contribution in [0, 0.1) is 5.41 Å². The van der Waals surface area contributed by atoms with Crippen LogP contribution in [0.2, 0.25) is 5.02 Å². The van der Waals surface area contributed by atoms with Gasteiger partial charge < -0.3 is 5.73 Å². The quantitative estimate of drug-likeness (QED) is 0.822. The molecule has 0 aromatic heterocycles. The van der Waals surface area contributed by atoms with E-state index in [4.69, 9.17) is 17.3 Å². The molecule has 2 N–H and O–H groups in total. The highest BCUT2D eigenvalue weighted by Gasteiger charge is 2.17. The van der Waals surface area contributed by atoms with Gasteiger partial charge in [0.1, 0.15) is 0 Å². The smallest absolute Gasteiger partial charge is 0.163 e. The Hall–Kier alpha value is -0.860. The molecule has 0 radical (unpaired) electrons. The molecule has 0 heterocycles. The minimum atomic E-state index is -0.00387. The molecule has 0 fully saturated rings. The maximum atomic E-state index is 11.9. The molecule has 0 aliphatic rings. The lowest BCUT2D eigenvalue weighted by Crippen LogP contribution is -2.13. The monoisotopic (exact) mass is 239 g/mol. The highest BCUT2D eigenvalue weighted by molar-refractivity contribution is 6.31. The number of rotatable bonds is 3. The van der Waals surface area contributed by atoms with Crippen LogP contribution >= 0.6 is 11.6 Å². The van der Waals surface area contributed by atoms with Crippen molar-refractivity contribution in [2.45, 2.75) is 33.7 Å². The van der Waals surface area contributed by atoms with Crippen LogP contribution in [0.15, 0.2) is 18.2 Å². The normalized spacial score (nSPS) is 11.6. The molecular formula is C13H18ClNO. The van der Waals surface area contributed by atoms with E-state index < -0.39 is 0 Å². The SMILES string of the molecule is CC(C)(C)CC(=O)c1ccc(CN)c(Cl)c1. The van der Waals surface area contributed by atoms with Crippen LogP contribution in [0.25, 0.3) is 0 Å². The zero-order chi connectivity index (χ0) is 12.3. The maximum absolute atomic E-state index is 11.9. The summed E-state index contributed by atoms with van der Waals surface area (Å²) in [5.74, 6) is 0.123. The number of Topliss-reactive ketones (excluding diaryl/α,β-unsaturated/α-hetero) is 1. The zero-order valence-corrected chi connectivity index (χ0v) is 10.8. The van der Waals surface area contributed by atoms with Crippen LogP contribution < -0.4 is 5.73 Å². The summed E-state index contributed by atoms with van der Waals surface area (Å²) in [6.07, 6.45) is 0.519. The molecule has 0 aliphatic heterocycles. The van der Waals surface area contributed by atoms with Crippen LogP contribution in [-0.4, -0.2) is 5.78 Å². The van der Waals surface area contributed by atoms with Crippen LogP contribution in [0.5, 0.6) is 0 Å². The molecule has 2 nitrogen and oxygen atoms in total. The summed E-state index contributed by atoms with van der Waals surface area (Å²) in [5, 5.41) is 0.572. The lowest BCUT2D eigenvalue weighted by Gasteiger charge is -2.17. The van der Waals surface area contributed by atoms with Crippen LogP contribution in [-0.2, 0) is 6.54 Å².